The Morgan fingerprint density at radius 3 is 2.84 bits per heavy atom. The molecule has 8 heteroatoms. The predicted octanol–water partition coefficient (Wildman–Crippen LogP) is 1.95. The van der Waals surface area contributed by atoms with Gasteiger partial charge in [-0.2, -0.15) is 5.10 Å². The number of nitro benzene ring substituents is 1. The molecule has 2 aromatic rings. The second kappa shape index (κ2) is 7.71. The molecular formula is C17H23N5O3. The topological polar surface area (TPSA) is 97.3 Å². The van der Waals surface area contributed by atoms with Gasteiger partial charge in [0.2, 0.25) is 0 Å². The fraction of sp³-hybridized carbons (Fsp3) is 0.529. The number of non-ortho nitro benzene ring substituents is 1. The Labute approximate surface area is 146 Å². The van der Waals surface area contributed by atoms with Crippen molar-refractivity contribution in [1.29, 1.82) is 0 Å². The van der Waals surface area contributed by atoms with Gasteiger partial charge in [0, 0.05) is 24.2 Å². The van der Waals surface area contributed by atoms with Gasteiger partial charge in [0.15, 0.2) is 5.82 Å². The van der Waals surface area contributed by atoms with Crippen LogP contribution in [0.25, 0.3) is 11.4 Å². The number of piperidine rings is 1. The summed E-state index contributed by atoms with van der Waals surface area (Å²) < 4.78 is 1.59. The standard InChI is InChI=1S/C17H23N5O3/c1-13-5-7-20(8-6-13)10-16(23)11-21-12-18-17(19-21)14-3-2-4-15(9-14)22(24)25/h2-4,9,12-13,16,23H,5-8,10-11H2,1H3/t16-/m1/s1. The Kier molecular flexibility index (Phi) is 5.40. The zero-order valence-electron chi connectivity index (χ0n) is 14.3. The molecular weight excluding hydrogens is 322 g/mol. The Morgan fingerprint density at radius 1 is 1.36 bits per heavy atom. The maximum absolute atomic E-state index is 10.9. The average molecular weight is 345 g/mol. The molecule has 1 saturated heterocycles. The van der Waals surface area contributed by atoms with Gasteiger partial charge in [-0.05, 0) is 31.8 Å². The van der Waals surface area contributed by atoms with Gasteiger partial charge in [-0.3, -0.25) is 10.1 Å². The Bertz CT molecular complexity index is 725. The molecule has 1 atom stereocenters. The van der Waals surface area contributed by atoms with E-state index in [1.54, 1.807) is 23.1 Å². The summed E-state index contributed by atoms with van der Waals surface area (Å²) in [5.74, 6) is 1.18. The van der Waals surface area contributed by atoms with Gasteiger partial charge in [-0.15, -0.1) is 0 Å². The number of nitro groups is 1. The fourth-order valence-electron chi connectivity index (χ4n) is 3.09. The number of aliphatic hydroxyl groups excluding tert-OH is 1. The van der Waals surface area contributed by atoms with E-state index in [9.17, 15) is 15.2 Å². The molecule has 1 aliphatic rings. The maximum atomic E-state index is 10.9. The highest BCUT2D eigenvalue weighted by Gasteiger charge is 2.19. The molecule has 1 aliphatic heterocycles. The Morgan fingerprint density at radius 2 is 2.12 bits per heavy atom. The molecule has 1 fully saturated rings. The van der Waals surface area contributed by atoms with Crippen LogP contribution in [-0.2, 0) is 6.54 Å². The van der Waals surface area contributed by atoms with Crippen molar-refractivity contribution in [2.45, 2.75) is 32.4 Å². The zero-order chi connectivity index (χ0) is 17.8. The lowest BCUT2D eigenvalue weighted by atomic mass is 9.99. The van der Waals surface area contributed by atoms with Crippen LogP contribution in [0.3, 0.4) is 0 Å². The van der Waals surface area contributed by atoms with Gasteiger partial charge in [-0.25, -0.2) is 9.67 Å². The van der Waals surface area contributed by atoms with Crippen LogP contribution in [0, 0.1) is 16.0 Å². The SMILES string of the molecule is CC1CCN(C[C@@H](O)Cn2cnc(-c3cccc([N+](=O)[O-])c3)n2)CC1. The number of rotatable bonds is 6. The third-order valence-electron chi connectivity index (χ3n) is 4.59. The first kappa shape index (κ1) is 17.5. The zero-order valence-corrected chi connectivity index (χ0v) is 14.3. The first-order chi connectivity index (χ1) is 12.0. The highest BCUT2D eigenvalue weighted by atomic mass is 16.6. The quantitative estimate of drug-likeness (QED) is 0.635. The highest BCUT2D eigenvalue weighted by molar-refractivity contribution is 5.58. The van der Waals surface area contributed by atoms with Crippen LogP contribution in [0.15, 0.2) is 30.6 Å². The Balaban J connectivity index is 1.59. The molecule has 0 aliphatic carbocycles. The van der Waals surface area contributed by atoms with Crippen LogP contribution in [0.4, 0.5) is 5.69 Å². The predicted molar refractivity (Wildman–Crippen MR) is 93.0 cm³/mol. The maximum Gasteiger partial charge on any atom is 0.270 e. The van der Waals surface area contributed by atoms with Gasteiger partial charge in [0.05, 0.1) is 17.6 Å². The summed E-state index contributed by atoms with van der Waals surface area (Å²) >= 11 is 0. The van der Waals surface area contributed by atoms with Gasteiger partial charge < -0.3 is 10.0 Å². The normalized spacial score (nSPS) is 17.5. The third kappa shape index (κ3) is 4.61. The molecule has 0 saturated carbocycles. The van der Waals surface area contributed by atoms with E-state index in [4.69, 9.17) is 0 Å². The number of nitrogens with zero attached hydrogens (tertiary/aromatic N) is 5. The van der Waals surface area contributed by atoms with E-state index >= 15 is 0 Å². The van der Waals surface area contributed by atoms with Crippen molar-refractivity contribution in [3.05, 3.63) is 40.7 Å². The molecule has 1 N–H and O–H groups in total. The summed E-state index contributed by atoms with van der Waals surface area (Å²) in [6.07, 6.45) is 3.38. The molecule has 0 unspecified atom stereocenters. The van der Waals surface area contributed by atoms with E-state index in [-0.39, 0.29) is 5.69 Å². The van der Waals surface area contributed by atoms with Gasteiger partial charge in [0.25, 0.3) is 5.69 Å². The lowest BCUT2D eigenvalue weighted by Crippen LogP contribution is -2.39. The molecule has 8 nitrogen and oxygen atoms in total. The van der Waals surface area contributed by atoms with Crippen LogP contribution in [0.5, 0.6) is 0 Å². The molecule has 3 rings (SSSR count). The van der Waals surface area contributed by atoms with Gasteiger partial charge >= 0.3 is 0 Å². The van der Waals surface area contributed by atoms with Crippen molar-refractivity contribution in [2.24, 2.45) is 5.92 Å². The summed E-state index contributed by atoms with van der Waals surface area (Å²) in [7, 11) is 0. The summed E-state index contributed by atoms with van der Waals surface area (Å²) in [5, 5.41) is 25.5. The first-order valence-corrected chi connectivity index (χ1v) is 8.56. The number of aromatic nitrogens is 3. The van der Waals surface area contributed by atoms with E-state index in [1.807, 2.05) is 0 Å². The molecule has 1 aromatic carbocycles. The second-order valence-electron chi connectivity index (χ2n) is 6.73. The van der Waals surface area contributed by atoms with E-state index in [1.165, 1.54) is 25.0 Å². The molecule has 1 aromatic heterocycles. The van der Waals surface area contributed by atoms with Crippen LogP contribution < -0.4 is 0 Å². The second-order valence-corrected chi connectivity index (χ2v) is 6.73. The number of likely N-dealkylation sites (tertiary alicyclic amines) is 1. The highest BCUT2D eigenvalue weighted by Crippen LogP contribution is 2.20. The number of benzene rings is 1. The molecule has 25 heavy (non-hydrogen) atoms. The minimum absolute atomic E-state index is 0.00760. The molecule has 0 bridgehead atoms. The first-order valence-electron chi connectivity index (χ1n) is 8.56. The van der Waals surface area contributed by atoms with Crippen LogP contribution >= 0.6 is 0 Å². The van der Waals surface area contributed by atoms with Gasteiger partial charge in [0.1, 0.15) is 6.33 Å². The largest absolute Gasteiger partial charge is 0.390 e. The van der Waals surface area contributed by atoms with E-state index in [2.05, 4.69) is 21.9 Å². The number of hydrogen-bond acceptors (Lipinski definition) is 6. The van der Waals surface area contributed by atoms with Crippen LogP contribution in [0.1, 0.15) is 19.8 Å². The van der Waals surface area contributed by atoms with Crippen LogP contribution in [0.2, 0.25) is 0 Å². The smallest absolute Gasteiger partial charge is 0.270 e. The van der Waals surface area contributed by atoms with Crippen molar-refractivity contribution >= 4 is 5.69 Å². The van der Waals surface area contributed by atoms with Crippen molar-refractivity contribution in [3.63, 3.8) is 0 Å². The lowest BCUT2D eigenvalue weighted by Gasteiger charge is -2.31. The summed E-state index contributed by atoms with van der Waals surface area (Å²) in [6.45, 7) is 5.29. The van der Waals surface area contributed by atoms with E-state index in [0.29, 0.717) is 24.5 Å². The van der Waals surface area contributed by atoms with E-state index in [0.717, 1.165) is 19.0 Å². The number of aliphatic hydroxyl groups is 1. The molecule has 0 amide bonds. The van der Waals surface area contributed by atoms with Crippen molar-refractivity contribution in [1.82, 2.24) is 19.7 Å². The Hall–Kier alpha value is -2.32. The number of hydrogen-bond donors (Lipinski definition) is 1. The average Bonchev–Trinajstić information content (AvgIpc) is 3.05. The molecule has 0 radical (unpaired) electrons. The van der Waals surface area contributed by atoms with Gasteiger partial charge in [-0.1, -0.05) is 19.1 Å². The molecule has 134 valence electrons. The van der Waals surface area contributed by atoms with E-state index < -0.39 is 11.0 Å². The van der Waals surface area contributed by atoms with Crippen molar-refractivity contribution in [2.75, 3.05) is 19.6 Å². The summed E-state index contributed by atoms with van der Waals surface area (Å²) in [5.41, 5.74) is 0.598. The fourth-order valence-corrected chi connectivity index (χ4v) is 3.09. The molecule has 2 heterocycles. The molecule has 0 spiro atoms. The van der Waals surface area contributed by atoms with Crippen LogP contribution in [-0.4, -0.2) is 55.4 Å². The third-order valence-corrected chi connectivity index (χ3v) is 4.59. The van der Waals surface area contributed by atoms with Crippen molar-refractivity contribution in [3.8, 4) is 11.4 Å². The van der Waals surface area contributed by atoms with Crippen molar-refractivity contribution < 1.29 is 10.0 Å². The minimum Gasteiger partial charge on any atom is -0.390 e. The summed E-state index contributed by atoms with van der Waals surface area (Å²) in [6, 6.07) is 6.23. The minimum atomic E-state index is -0.520. The summed E-state index contributed by atoms with van der Waals surface area (Å²) in [4.78, 5) is 16.9. The lowest BCUT2D eigenvalue weighted by molar-refractivity contribution is -0.384. The monoisotopic (exact) mass is 345 g/mol. The number of β-amino-alcohol motifs (C(OH)–C–C–N with tert-alkyl or cyclic N) is 1.